The highest BCUT2D eigenvalue weighted by atomic mass is 16.3. The first-order chi connectivity index (χ1) is 7.33. The highest BCUT2D eigenvalue weighted by Crippen LogP contribution is 2.30. The van der Waals surface area contributed by atoms with Crippen molar-refractivity contribution in [1.29, 1.82) is 0 Å². The molecule has 4 heteroatoms. The van der Waals surface area contributed by atoms with Crippen LogP contribution in [0.25, 0.3) is 0 Å². The molecule has 2 aliphatic heterocycles. The topological polar surface area (TPSA) is 48.4 Å². The van der Waals surface area contributed by atoms with Crippen molar-refractivity contribution in [2.45, 2.75) is 0 Å². The van der Waals surface area contributed by atoms with E-state index in [0.29, 0.717) is 0 Å². The van der Waals surface area contributed by atoms with E-state index in [-0.39, 0.29) is 5.75 Å². The van der Waals surface area contributed by atoms with E-state index in [1.807, 2.05) is 6.20 Å². The van der Waals surface area contributed by atoms with Crippen LogP contribution < -0.4 is 10.2 Å². The summed E-state index contributed by atoms with van der Waals surface area (Å²) in [5.74, 6) is 1.79. The van der Waals surface area contributed by atoms with Gasteiger partial charge in [-0.1, -0.05) is 0 Å². The summed E-state index contributed by atoms with van der Waals surface area (Å²) in [7, 11) is 0. The van der Waals surface area contributed by atoms with Gasteiger partial charge < -0.3 is 15.3 Å². The smallest absolute Gasteiger partial charge is 0.135 e. The molecule has 2 atom stereocenters. The fourth-order valence-electron chi connectivity index (χ4n) is 2.66. The van der Waals surface area contributed by atoms with Crippen LogP contribution in [0.5, 0.6) is 5.75 Å². The molecular weight excluding hydrogens is 190 g/mol. The van der Waals surface area contributed by atoms with Crippen molar-refractivity contribution in [3.05, 3.63) is 18.5 Å². The molecule has 0 radical (unpaired) electrons. The second-order valence-electron chi connectivity index (χ2n) is 4.48. The van der Waals surface area contributed by atoms with Gasteiger partial charge in [-0.05, 0) is 11.8 Å². The van der Waals surface area contributed by atoms with Crippen molar-refractivity contribution in [3.63, 3.8) is 0 Å². The molecule has 2 aliphatic rings. The summed E-state index contributed by atoms with van der Waals surface area (Å²) in [6, 6.07) is 1.79. The molecule has 3 rings (SSSR count). The van der Waals surface area contributed by atoms with Crippen LogP contribution in [0.4, 0.5) is 5.69 Å². The number of rotatable bonds is 1. The van der Waals surface area contributed by atoms with E-state index in [4.69, 9.17) is 0 Å². The Balaban J connectivity index is 1.79. The molecule has 2 saturated heterocycles. The van der Waals surface area contributed by atoms with Gasteiger partial charge in [0.25, 0.3) is 0 Å². The summed E-state index contributed by atoms with van der Waals surface area (Å²) in [5, 5.41) is 12.8. The van der Waals surface area contributed by atoms with Crippen molar-refractivity contribution in [1.82, 2.24) is 10.3 Å². The molecule has 0 bridgehead atoms. The van der Waals surface area contributed by atoms with Crippen LogP contribution in [-0.2, 0) is 0 Å². The second kappa shape index (κ2) is 3.38. The van der Waals surface area contributed by atoms with E-state index in [1.54, 1.807) is 6.07 Å². The van der Waals surface area contributed by atoms with Gasteiger partial charge in [0.2, 0.25) is 0 Å². The summed E-state index contributed by atoms with van der Waals surface area (Å²) < 4.78 is 0. The summed E-state index contributed by atoms with van der Waals surface area (Å²) in [5.41, 5.74) is 1.05. The van der Waals surface area contributed by atoms with E-state index in [2.05, 4.69) is 15.2 Å². The van der Waals surface area contributed by atoms with E-state index in [1.165, 1.54) is 6.20 Å². The van der Waals surface area contributed by atoms with Gasteiger partial charge in [-0.25, -0.2) is 0 Å². The monoisotopic (exact) mass is 205 g/mol. The molecule has 80 valence electrons. The second-order valence-corrected chi connectivity index (χ2v) is 4.48. The van der Waals surface area contributed by atoms with Gasteiger partial charge in [0.05, 0.1) is 18.1 Å². The van der Waals surface area contributed by atoms with Gasteiger partial charge in [0.1, 0.15) is 5.75 Å². The van der Waals surface area contributed by atoms with Crippen LogP contribution >= 0.6 is 0 Å². The average Bonchev–Trinajstić information content (AvgIpc) is 2.76. The lowest BCUT2D eigenvalue weighted by Crippen LogP contribution is -2.25. The van der Waals surface area contributed by atoms with Crippen LogP contribution in [0.1, 0.15) is 0 Å². The highest BCUT2D eigenvalue weighted by molar-refractivity contribution is 5.49. The maximum absolute atomic E-state index is 9.37. The summed E-state index contributed by atoms with van der Waals surface area (Å²) in [4.78, 5) is 6.34. The Morgan fingerprint density at radius 2 is 2.00 bits per heavy atom. The number of fused-ring (bicyclic) bond motifs is 1. The molecule has 0 aromatic carbocycles. The maximum atomic E-state index is 9.37. The molecule has 1 aromatic rings. The van der Waals surface area contributed by atoms with Crippen LogP contribution in [0.2, 0.25) is 0 Å². The van der Waals surface area contributed by atoms with Gasteiger partial charge in [0, 0.05) is 32.2 Å². The largest absolute Gasteiger partial charge is 0.506 e. The van der Waals surface area contributed by atoms with E-state index in [9.17, 15) is 5.11 Å². The molecule has 2 N–H and O–H groups in total. The van der Waals surface area contributed by atoms with Crippen LogP contribution in [0.3, 0.4) is 0 Å². The predicted molar refractivity (Wildman–Crippen MR) is 58.0 cm³/mol. The molecule has 15 heavy (non-hydrogen) atoms. The molecule has 3 heterocycles. The van der Waals surface area contributed by atoms with Gasteiger partial charge in [-0.2, -0.15) is 0 Å². The quantitative estimate of drug-likeness (QED) is 0.698. The number of nitrogens with one attached hydrogen (secondary N) is 1. The van der Waals surface area contributed by atoms with Gasteiger partial charge in [-0.3, -0.25) is 4.98 Å². The third kappa shape index (κ3) is 1.55. The number of aromatic nitrogens is 1. The van der Waals surface area contributed by atoms with Crippen molar-refractivity contribution in [2.24, 2.45) is 11.8 Å². The molecule has 2 fully saturated rings. The van der Waals surface area contributed by atoms with Gasteiger partial charge in [-0.15, -0.1) is 0 Å². The molecule has 2 unspecified atom stereocenters. The molecule has 0 amide bonds. The fraction of sp³-hybridized carbons (Fsp3) is 0.545. The third-order valence-corrected chi connectivity index (χ3v) is 3.46. The molecule has 1 aromatic heterocycles. The van der Waals surface area contributed by atoms with E-state index in [0.717, 1.165) is 43.7 Å². The van der Waals surface area contributed by atoms with E-state index < -0.39 is 0 Å². The average molecular weight is 205 g/mol. The molecule has 4 nitrogen and oxygen atoms in total. The number of hydrogen-bond acceptors (Lipinski definition) is 4. The zero-order valence-electron chi connectivity index (χ0n) is 8.56. The highest BCUT2D eigenvalue weighted by Gasteiger charge is 2.36. The Morgan fingerprint density at radius 3 is 2.67 bits per heavy atom. The van der Waals surface area contributed by atoms with Crippen LogP contribution in [0, 0.1) is 11.8 Å². The Kier molecular flexibility index (Phi) is 2.02. The molecular formula is C11H15N3O. The zero-order chi connectivity index (χ0) is 10.3. The summed E-state index contributed by atoms with van der Waals surface area (Å²) >= 11 is 0. The minimum absolute atomic E-state index is 0.252. The van der Waals surface area contributed by atoms with Crippen molar-refractivity contribution in [3.8, 4) is 5.75 Å². The first kappa shape index (κ1) is 8.97. The fourth-order valence-corrected chi connectivity index (χ4v) is 2.66. The number of aromatic hydroxyl groups is 1. The Labute approximate surface area is 88.9 Å². The van der Waals surface area contributed by atoms with Crippen LogP contribution in [-0.4, -0.2) is 36.3 Å². The predicted octanol–water partition coefficient (Wildman–Crippen LogP) is 0.443. The standard InChI is InChI=1S/C11H15N3O/c15-11-1-10(4-13-5-11)14-6-8-2-12-3-9(8)7-14/h1,4-5,8-9,12,15H,2-3,6-7H2. The number of hydrogen-bond donors (Lipinski definition) is 2. The Morgan fingerprint density at radius 1 is 1.27 bits per heavy atom. The SMILES string of the molecule is Oc1cncc(N2CC3CNCC3C2)c1. The molecule has 0 aliphatic carbocycles. The Hall–Kier alpha value is -1.29. The Bertz CT molecular complexity index is 357. The number of nitrogens with zero attached hydrogens (tertiary/aromatic N) is 2. The first-order valence-corrected chi connectivity index (χ1v) is 5.42. The van der Waals surface area contributed by atoms with Gasteiger partial charge >= 0.3 is 0 Å². The molecule has 0 saturated carbocycles. The lowest BCUT2D eigenvalue weighted by atomic mass is 10.0. The van der Waals surface area contributed by atoms with Crippen molar-refractivity contribution < 1.29 is 5.11 Å². The normalized spacial score (nSPS) is 29.5. The van der Waals surface area contributed by atoms with Gasteiger partial charge in [0.15, 0.2) is 0 Å². The lowest BCUT2D eigenvalue weighted by Gasteiger charge is -2.19. The van der Waals surface area contributed by atoms with Crippen LogP contribution in [0.15, 0.2) is 18.5 Å². The number of pyridine rings is 1. The minimum atomic E-state index is 0.252. The molecule has 0 spiro atoms. The van der Waals surface area contributed by atoms with E-state index >= 15 is 0 Å². The van der Waals surface area contributed by atoms with Crippen molar-refractivity contribution in [2.75, 3.05) is 31.1 Å². The van der Waals surface area contributed by atoms with Crippen molar-refractivity contribution >= 4 is 5.69 Å². The maximum Gasteiger partial charge on any atom is 0.135 e. The number of anilines is 1. The summed E-state index contributed by atoms with van der Waals surface area (Å²) in [6.07, 6.45) is 3.30. The zero-order valence-corrected chi connectivity index (χ0v) is 8.56. The lowest BCUT2D eigenvalue weighted by molar-refractivity contribution is 0.472. The third-order valence-electron chi connectivity index (χ3n) is 3.46. The summed E-state index contributed by atoms with van der Waals surface area (Å²) in [6.45, 7) is 4.44. The minimum Gasteiger partial charge on any atom is -0.506 e. The first-order valence-electron chi connectivity index (χ1n) is 5.42.